The molecule has 140 valence electrons. The van der Waals surface area contributed by atoms with Gasteiger partial charge >= 0.3 is 0 Å². The third-order valence-electron chi connectivity index (χ3n) is 4.49. The summed E-state index contributed by atoms with van der Waals surface area (Å²) in [4.78, 5) is 19.9. The Hall–Kier alpha value is -3.67. The molecule has 0 aliphatic heterocycles. The highest BCUT2D eigenvalue weighted by Gasteiger charge is 2.09. The van der Waals surface area contributed by atoms with Crippen molar-refractivity contribution in [3.05, 3.63) is 95.1 Å². The Kier molecular flexibility index (Phi) is 4.76. The molecule has 4 aromatic rings. The quantitative estimate of drug-likeness (QED) is 0.495. The molecule has 0 aliphatic carbocycles. The Morgan fingerprint density at radius 3 is 2.64 bits per heavy atom. The van der Waals surface area contributed by atoms with Crippen LogP contribution in [0.1, 0.15) is 27.3 Å². The van der Waals surface area contributed by atoms with Gasteiger partial charge in [-0.05, 0) is 53.6 Å². The van der Waals surface area contributed by atoms with Gasteiger partial charge in [-0.1, -0.05) is 24.3 Å². The topological polar surface area (TPSA) is 78.0 Å². The monoisotopic (exact) mass is 375 g/mol. The minimum atomic E-state index is -0.249. The molecule has 3 N–H and O–H groups in total. The van der Waals surface area contributed by atoms with Gasteiger partial charge in [0.2, 0.25) is 0 Å². The van der Waals surface area contributed by atoms with Gasteiger partial charge in [-0.2, -0.15) is 0 Å². The second kappa shape index (κ2) is 7.52. The zero-order chi connectivity index (χ0) is 19.5. The second-order valence-corrected chi connectivity index (χ2v) is 6.53. The second-order valence-electron chi connectivity index (χ2n) is 6.53. The first-order chi connectivity index (χ1) is 13.6. The van der Waals surface area contributed by atoms with Crippen LogP contribution in [0.3, 0.4) is 0 Å². The fourth-order valence-corrected chi connectivity index (χ4v) is 3.02. The summed E-state index contributed by atoms with van der Waals surface area (Å²) < 4.78 is 13.8. The number of amides is 1. The van der Waals surface area contributed by atoms with Gasteiger partial charge in [0.1, 0.15) is 17.4 Å². The van der Waals surface area contributed by atoms with Crippen LogP contribution < -0.4 is 5.32 Å². The SMILES string of the molecule is O=C(NCc1ccc2nc(Cc3ccccc3F)[nH]c2c1)c1ccc(O)cc1. The van der Waals surface area contributed by atoms with Crippen LogP contribution in [-0.4, -0.2) is 21.0 Å². The number of halogens is 1. The van der Waals surface area contributed by atoms with E-state index in [1.807, 2.05) is 18.2 Å². The number of phenolic OH excluding ortho intramolecular Hbond substituents is 1. The van der Waals surface area contributed by atoms with Gasteiger partial charge in [0, 0.05) is 18.5 Å². The molecule has 0 unspecified atom stereocenters. The Morgan fingerprint density at radius 2 is 1.86 bits per heavy atom. The minimum Gasteiger partial charge on any atom is -0.508 e. The molecule has 1 aromatic heterocycles. The summed E-state index contributed by atoms with van der Waals surface area (Å²) in [5.41, 5.74) is 3.61. The number of hydrogen-bond acceptors (Lipinski definition) is 3. The van der Waals surface area contributed by atoms with Gasteiger partial charge in [0.25, 0.3) is 5.91 Å². The van der Waals surface area contributed by atoms with E-state index in [-0.39, 0.29) is 17.5 Å². The standard InChI is InChI=1S/C22H18FN3O2/c23-18-4-2-1-3-16(18)12-21-25-19-10-5-14(11-20(19)26-21)13-24-22(28)15-6-8-17(27)9-7-15/h1-11,27H,12-13H2,(H,24,28)(H,25,26). The fourth-order valence-electron chi connectivity index (χ4n) is 3.02. The van der Waals surface area contributed by atoms with Crippen molar-refractivity contribution >= 4 is 16.9 Å². The number of rotatable bonds is 5. The van der Waals surface area contributed by atoms with Crippen molar-refractivity contribution in [3.63, 3.8) is 0 Å². The van der Waals surface area contributed by atoms with Gasteiger partial charge in [-0.25, -0.2) is 9.37 Å². The normalized spacial score (nSPS) is 10.9. The predicted molar refractivity (Wildman–Crippen MR) is 105 cm³/mol. The van der Waals surface area contributed by atoms with E-state index in [2.05, 4.69) is 15.3 Å². The Balaban J connectivity index is 1.46. The Morgan fingerprint density at radius 1 is 1.07 bits per heavy atom. The molecule has 5 nitrogen and oxygen atoms in total. The number of carbonyl (C=O) groups is 1. The van der Waals surface area contributed by atoms with Crippen molar-refractivity contribution in [3.8, 4) is 5.75 Å². The predicted octanol–water partition coefficient (Wildman–Crippen LogP) is 3.93. The zero-order valence-electron chi connectivity index (χ0n) is 14.9. The molecule has 1 amide bonds. The molecule has 4 rings (SSSR count). The maximum atomic E-state index is 13.8. The third-order valence-corrected chi connectivity index (χ3v) is 4.49. The number of aromatic nitrogens is 2. The average Bonchev–Trinajstić information content (AvgIpc) is 3.10. The maximum Gasteiger partial charge on any atom is 0.251 e. The highest BCUT2D eigenvalue weighted by Crippen LogP contribution is 2.17. The highest BCUT2D eigenvalue weighted by molar-refractivity contribution is 5.94. The van der Waals surface area contributed by atoms with Crippen LogP contribution in [0.4, 0.5) is 4.39 Å². The van der Waals surface area contributed by atoms with E-state index < -0.39 is 0 Å². The van der Waals surface area contributed by atoms with E-state index in [4.69, 9.17) is 0 Å². The fraction of sp³-hybridized carbons (Fsp3) is 0.0909. The van der Waals surface area contributed by atoms with Crippen LogP contribution in [-0.2, 0) is 13.0 Å². The Bertz CT molecular complexity index is 1140. The first-order valence-corrected chi connectivity index (χ1v) is 8.86. The number of nitrogens with zero attached hydrogens (tertiary/aromatic N) is 1. The van der Waals surface area contributed by atoms with E-state index >= 15 is 0 Å². The van der Waals surface area contributed by atoms with Crippen molar-refractivity contribution in [1.29, 1.82) is 0 Å². The maximum absolute atomic E-state index is 13.8. The summed E-state index contributed by atoms with van der Waals surface area (Å²) in [6.07, 6.45) is 0.383. The summed E-state index contributed by atoms with van der Waals surface area (Å²) in [5.74, 6) is 0.336. The van der Waals surface area contributed by atoms with Gasteiger partial charge in [-0.3, -0.25) is 4.79 Å². The molecule has 28 heavy (non-hydrogen) atoms. The molecule has 0 spiro atoms. The molecule has 0 saturated heterocycles. The number of imidazole rings is 1. The van der Waals surface area contributed by atoms with Gasteiger partial charge < -0.3 is 15.4 Å². The summed E-state index contributed by atoms with van der Waals surface area (Å²) in [5, 5.41) is 12.1. The van der Waals surface area contributed by atoms with Crippen LogP contribution in [0.25, 0.3) is 11.0 Å². The largest absolute Gasteiger partial charge is 0.508 e. The lowest BCUT2D eigenvalue weighted by Gasteiger charge is -2.05. The van der Waals surface area contributed by atoms with E-state index in [9.17, 15) is 14.3 Å². The van der Waals surface area contributed by atoms with E-state index in [0.29, 0.717) is 29.9 Å². The van der Waals surface area contributed by atoms with Crippen molar-refractivity contribution in [2.75, 3.05) is 0 Å². The summed E-state index contributed by atoms with van der Waals surface area (Å²) in [6.45, 7) is 0.358. The van der Waals surface area contributed by atoms with Crippen LogP contribution in [0.2, 0.25) is 0 Å². The minimum absolute atomic E-state index is 0.118. The number of H-pyrrole nitrogens is 1. The molecule has 6 heteroatoms. The number of aromatic hydroxyl groups is 1. The molecule has 0 bridgehead atoms. The van der Waals surface area contributed by atoms with E-state index in [1.165, 1.54) is 18.2 Å². The number of phenols is 1. The number of hydrogen-bond donors (Lipinski definition) is 3. The lowest BCUT2D eigenvalue weighted by Crippen LogP contribution is -2.22. The summed E-state index contributed by atoms with van der Waals surface area (Å²) in [6, 6.07) is 18.4. The zero-order valence-corrected chi connectivity index (χ0v) is 14.9. The molecule has 1 heterocycles. The molecule has 0 fully saturated rings. The smallest absolute Gasteiger partial charge is 0.251 e. The van der Waals surface area contributed by atoms with Crippen LogP contribution in [0.5, 0.6) is 5.75 Å². The first kappa shape index (κ1) is 17.7. The number of nitrogens with one attached hydrogen (secondary N) is 2. The van der Waals surface area contributed by atoms with Crippen molar-refractivity contribution in [1.82, 2.24) is 15.3 Å². The lowest BCUT2D eigenvalue weighted by molar-refractivity contribution is 0.0951. The van der Waals surface area contributed by atoms with Crippen molar-refractivity contribution < 1.29 is 14.3 Å². The van der Waals surface area contributed by atoms with Gasteiger partial charge in [0.05, 0.1) is 11.0 Å². The summed E-state index contributed by atoms with van der Waals surface area (Å²) in [7, 11) is 0. The van der Waals surface area contributed by atoms with Crippen LogP contribution in [0.15, 0.2) is 66.7 Å². The number of aromatic amines is 1. The molecule has 3 aromatic carbocycles. The average molecular weight is 375 g/mol. The van der Waals surface area contributed by atoms with Crippen molar-refractivity contribution in [2.24, 2.45) is 0 Å². The molecule has 0 aliphatic rings. The lowest BCUT2D eigenvalue weighted by atomic mass is 10.1. The van der Waals surface area contributed by atoms with Gasteiger partial charge in [0.15, 0.2) is 0 Å². The number of carbonyl (C=O) groups excluding carboxylic acids is 1. The number of fused-ring (bicyclic) bond motifs is 1. The molecule has 0 saturated carbocycles. The summed E-state index contributed by atoms with van der Waals surface area (Å²) >= 11 is 0. The molecular weight excluding hydrogens is 357 g/mol. The highest BCUT2D eigenvalue weighted by atomic mass is 19.1. The molecule has 0 atom stereocenters. The van der Waals surface area contributed by atoms with Crippen LogP contribution >= 0.6 is 0 Å². The van der Waals surface area contributed by atoms with Gasteiger partial charge in [-0.15, -0.1) is 0 Å². The molecule has 0 radical (unpaired) electrons. The third kappa shape index (κ3) is 3.86. The van der Waals surface area contributed by atoms with Crippen LogP contribution in [0, 0.1) is 5.82 Å². The van der Waals surface area contributed by atoms with E-state index in [1.54, 1.807) is 30.3 Å². The first-order valence-electron chi connectivity index (χ1n) is 8.86. The van der Waals surface area contributed by atoms with Crippen molar-refractivity contribution in [2.45, 2.75) is 13.0 Å². The molecular formula is C22H18FN3O2. The van der Waals surface area contributed by atoms with E-state index in [0.717, 1.165) is 16.6 Å². The number of benzene rings is 3. The Labute approximate surface area is 160 Å².